The molecule has 3 nitrogen and oxygen atoms in total. The number of carbonyl (C=O) groups excluding carboxylic acids is 1. The highest BCUT2D eigenvalue weighted by Gasteiger charge is 2.26. The van der Waals surface area contributed by atoms with Crippen LogP contribution in [0.4, 0.5) is 18.9 Å². The van der Waals surface area contributed by atoms with E-state index in [1.165, 1.54) is 0 Å². The normalized spacial score (nSPS) is 11.4. The van der Waals surface area contributed by atoms with Crippen molar-refractivity contribution in [2.75, 3.05) is 18.4 Å². The van der Waals surface area contributed by atoms with Gasteiger partial charge in [0.1, 0.15) is 0 Å². The Morgan fingerprint density at radius 2 is 2.06 bits per heavy atom. The molecular formula is C11H12F3IN2O. The zero-order valence-electron chi connectivity index (χ0n) is 9.57. The molecule has 0 aliphatic heterocycles. The molecule has 0 unspecified atom stereocenters. The molecule has 7 heteroatoms. The largest absolute Gasteiger partial charge is 0.401 e. The van der Waals surface area contributed by atoms with E-state index in [0.717, 1.165) is 9.13 Å². The number of carbonyl (C=O) groups is 1. The van der Waals surface area contributed by atoms with Gasteiger partial charge in [0.15, 0.2) is 0 Å². The lowest BCUT2D eigenvalue weighted by molar-refractivity contribution is -0.126. The summed E-state index contributed by atoms with van der Waals surface area (Å²) >= 11 is 2.14. The molecule has 0 bridgehead atoms. The maximum atomic E-state index is 11.8. The van der Waals surface area contributed by atoms with E-state index in [-0.39, 0.29) is 6.54 Å². The van der Waals surface area contributed by atoms with Crippen LogP contribution in [0.5, 0.6) is 0 Å². The minimum atomic E-state index is -4.31. The van der Waals surface area contributed by atoms with Crippen LogP contribution in [0.25, 0.3) is 0 Å². The zero-order chi connectivity index (χ0) is 13.8. The lowest BCUT2D eigenvalue weighted by Gasteiger charge is -2.10. The second-order valence-corrected chi connectivity index (χ2v) is 4.97. The van der Waals surface area contributed by atoms with Gasteiger partial charge in [0, 0.05) is 9.26 Å². The van der Waals surface area contributed by atoms with Gasteiger partial charge < -0.3 is 10.6 Å². The van der Waals surface area contributed by atoms with Crippen molar-refractivity contribution in [3.05, 3.63) is 27.3 Å². The average Bonchev–Trinajstić information content (AvgIpc) is 2.20. The summed E-state index contributed by atoms with van der Waals surface area (Å²) < 4.78 is 36.6. The van der Waals surface area contributed by atoms with Crippen molar-refractivity contribution in [3.8, 4) is 0 Å². The molecule has 0 fully saturated rings. The van der Waals surface area contributed by atoms with E-state index in [1.807, 2.05) is 24.4 Å². The first-order valence-corrected chi connectivity index (χ1v) is 6.19. The molecule has 0 radical (unpaired) electrons. The molecule has 0 aliphatic rings. The lowest BCUT2D eigenvalue weighted by Crippen LogP contribution is -2.35. The fourth-order valence-corrected chi connectivity index (χ4v) is 1.93. The molecular weight excluding hydrogens is 360 g/mol. The summed E-state index contributed by atoms with van der Waals surface area (Å²) in [6, 6.07) is 5.41. The maximum Gasteiger partial charge on any atom is 0.401 e. The first-order chi connectivity index (χ1) is 8.28. The minimum absolute atomic E-state index is 0.370. The number of nitrogens with one attached hydrogen (secondary N) is 2. The Morgan fingerprint density at radius 1 is 1.39 bits per heavy atom. The number of amides is 1. The molecule has 0 heterocycles. The van der Waals surface area contributed by atoms with Gasteiger partial charge in [0.05, 0.1) is 13.1 Å². The Morgan fingerprint density at radius 3 is 2.61 bits per heavy atom. The van der Waals surface area contributed by atoms with E-state index in [4.69, 9.17) is 0 Å². The average molecular weight is 372 g/mol. The van der Waals surface area contributed by atoms with Gasteiger partial charge in [-0.2, -0.15) is 13.2 Å². The summed E-state index contributed by atoms with van der Waals surface area (Å²) in [5.41, 5.74) is 1.47. The Hall–Kier alpha value is -0.830. The number of aryl methyl sites for hydroxylation is 1. The fourth-order valence-electron chi connectivity index (χ4n) is 1.28. The van der Waals surface area contributed by atoms with E-state index < -0.39 is 18.6 Å². The van der Waals surface area contributed by atoms with Crippen molar-refractivity contribution in [1.29, 1.82) is 0 Å². The predicted octanol–water partition coefficient (Wildman–Crippen LogP) is 2.69. The Bertz CT molecular complexity index is 435. The molecule has 2 N–H and O–H groups in total. The monoisotopic (exact) mass is 372 g/mol. The maximum absolute atomic E-state index is 11.8. The second kappa shape index (κ2) is 6.37. The molecule has 100 valence electrons. The van der Waals surface area contributed by atoms with Gasteiger partial charge in [-0.15, -0.1) is 0 Å². The van der Waals surface area contributed by atoms with E-state index in [0.29, 0.717) is 5.69 Å². The number of anilines is 1. The van der Waals surface area contributed by atoms with Crippen LogP contribution in [0.3, 0.4) is 0 Å². The quantitative estimate of drug-likeness (QED) is 0.799. The number of halogens is 4. The highest BCUT2D eigenvalue weighted by atomic mass is 127. The Kier molecular flexibility index (Phi) is 5.39. The molecule has 1 aromatic rings. The van der Waals surface area contributed by atoms with Crippen molar-refractivity contribution in [2.45, 2.75) is 13.1 Å². The van der Waals surface area contributed by atoms with Crippen LogP contribution in [0.2, 0.25) is 0 Å². The summed E-state index contributed by atoms with van der Waals surface area (Å²) in [6.45, 7) is 0.276. The highest BCUT2D eigenvalue weighted by Crippen LogP contribution is 2.17. The molecule has 0 aromatic heterocycles. The molecule has 18 heavy (non-hydrogen) atoms. The fraction of sp³-hybridized carbons (Fsp3) is 0.364. The van der Waals surface area contributed by atoms with E-state index >= 15 is 0 Å². The number of alkyl halides is 3. The van der Waals surface area contributed by atoms with Crippen LogP contribution in [0, 0.1) is 10.5 Å². The SMILES string of the molecule is Cc1cc(I)ccc1NC(=O)CNCC(F)(F)F. The van der Waals surface area contributed by atoms with Crippen LogP contribution >= 0.6 is 22.6 Å². The topological polar surface area (TPSA) is 41.1 Å². The third kappa shape index (κ3) is 5.67. The second-order valence-electron chi connectivity index (χ2n) is 3.73. The van der Waals surface area contributed by atoms with Gasteiger partial charge >= 0.3 is 6.18 Å². The summed E-state index contributed by atoms with van der Waals surface area (Å²) in [5, 5.41) is 4.59. The smallest absolute Gasteiger partial charge is 0.325 e. The van der Waals surface area contributed by atoms with E-state index in [2.05, 4.69) is 27.9 Å². The molecule has 0 spiro atoms. The van der Waals surface area contributed by atoms with Gasteiger partial charge in [-0.3, -0.25) is 4.79 Å². The van der Waals surface area contributed by atoms with Crippen molar-refractivity contribution in [2.24, 2.45) is 0 Å². The van der Waals surface area contributed by atoms with E-state index in [1.54, 1.807) is 6.07 Å². The van der Waals surface area contributed by atoms with Crippen molar-refractivity contribution in [3.63, 3.8) is 0 Å². The zero-order valence-corrected chi connectivity index (χ0v) is 11.7. The number of hydrogen-bond acceptors (Lipinski definition) is 2. The first-order valence-electron chi connectivity index (χ1n) is 5.11. The summed E-state index contributed by atoms with van der Waals surface area (Å²) in [6.07, 6.45) is -4.31. The van der Waals surface area contributed by atoms with Gasteiger partial charge in [-0.05, 0) is 53.3 Å². The van der Waals surface area contributed by atoms with Crippen LogP contribution in [0.1, 0.15) is 5.56 Å². The molecule has 1 aromatic carbocycles. The molecule has 0 aliphatic carbocycles. The van der Waals surface area contributed by atoms with Crippen molar-refractivity contribution in [1.82, 2.24) is 5.32 Å². The van der Waals surface area contributed by atoms with Crippen LogP contribution in [0.15, 0.2) is 18.2 Å². The Labute approximate surface area is 116 Å². The highest BCUT2D eigenvalue weighted by molar-refractivity contribution is 14.1. The number of hydrogen-bond donors (Lipinski definition) is 2. The number of rotatable bonds is 4. The molecule has 1 rings (SSSR count). The summed E-state index contributed by atoms with van der Waals surface area (Å²) in [5.74, 6) is -0.497. The Balaban J connectivity index is 2.45. The summed E-state index contributed by atoms with van der Waals surface area (Å²) in [4.78, 5) is 11.4. The molecule has 0 saturated carbocycles. The van der Waals surface area contributed by atoms with Crippen LogP contribution in [-0.2, 0) is 4.79 Å². The van der Waals surface area contributed by atoms with Gasteiger partial charge in [0.2, 0.25) is 5.91 Å². The van der Waals surface area contributed by atoms with Gasteiger partial charge in [-0.1, -0.05) is 0 Å². The minimum Gasteiger partial charge on any atom is -0.325 e. The van der Waals surface area contributed by atoms with Gasteiger partial charge in [0.25, 0.3) is 0 Å². The lowest BCUT2D eigenvalue weighted by atomic mass is 10.2. The molecule has 0 atom stereocenters. The van der Waals surface area contributed by atoms with Crippen molar-refractivity contribution >= 4 is 34.2 Å². The van der Waals surface area contributed by atoms with E-state index in [9.17, 15) is 18.0 Å². The van der Waals surface area contributed by atoms with Crippen molar-refractivity contribution < 1.29 is 18.0 Å². The number of benzene rings is 1. The van der Waals surface area contributed by atoms with Gasteiger partial charge in [-0.25, -0.2) is 0 Å². The summed E-state index contributed by atoms with van der Waals surface area (Å²) in [7, 11) is 0. The third-order valence-electron chi connectivity index (χ3n) is 2.07. The first kappa shape index (κ1) is 15.2. The van der Waals surface area contributed by atoms with Crippen LogP contribution in [-0.4, -0.2) is 25.2 Å². The standard InChI is InChI=1S/C11H12F3IN2O/c1-7-4-8(15)2-3-9(7)17-10(18)5-16-6-11(12,13)14/h2-4,16H,5-6H2,1H3,(H,17,18). The molecule has 0 saturated heterocycles. The third-order valence-corrected chi connectivity index (χ3v) is 2.74. The predicted molar refractivity (Wildman–Crippen MR) is 71.5 cm³/mol. The molecule has 1 amide bonds. The van der Waals surface area contributed by atoms with Crippen LogP contribution < -0.4 is 10.6 Å².